The van der Waals surface area contributed by atoms with Gasteiger partial charge in [-0.15, -0.1) is 0 Å². The summed E-state index contributed by atoms with van der Waals surface area (Å²) in [5.41, 5.74) is 5.90. The number of nitrogens with zero attached hydrogens (tertiary/aromatic N) is 2. The maximum absolute atomic E-state index is 11.0. The molecule has 0 unspecified atom stereocenters. The topological polar surface area (TPSA) is 81.6 Å². The van der Waals surface area contributed by atoms with E-state index < -0.39 is 4.92 Å². The molecule has 6 nitrogen and oxygen atoms in total. The number of hydrogen-bond acceptors (Lipinski definition) is 5. The first-order chi connectivity index (χ1) is 7.61. The lowest BCUT2D eigenvalue weighted by Gasteiger charge is -2.18. The standard InChI is InChI=1S/C10H15N3O3/c1-12(7-6-11)8-4-3-5-9(16-2)10(8)13(14)15/h3-5H,6-7,11H2,1-2H3. The average molecular weight is 225 g/mol. The number of nitro groups is 1. The van der Waals surface area contributed by atoms with Gasteiger partial charge in [0, 0.05) is 20.1 Å². The summed E-state index contributed by atoms with van der Waals surface area (Å²) in [6.45, 7) is 0.985. The summed E-state index contributed by atoms with van der Waals surface area (Å²) in [5, 5.41) is 11.0. The second-order valence-corrected chi connectivity index (χ2v) is 3.30. The first-order valence-electron chi connectivity index (χ1n) is 4.84. The van der Waals surface area contributed by atoms with Gasteiger partial charge in [-0.25, -0.2) is 0 Å². The zero-order valence-corrected chi connectivity index (χ0v) is 9.34. The van der Waals surface area contributed by atoms with Crippen molar-refractivity contribution in [3.63, 3.8) is 0 Å². The van der Waals surface area contributed by atoms with Gasteiger partial charge in [-0.2, -0.15) is 0 Å². The molecule has 0 saturated carbocycles. The highest BCUT2D eigenvalue weighted by atomic mass is 16.6. The van der Waals surface area contributed by atoms with Gasteiger partial charge < -0.3 is 15.4 Å². The van der Waals surface area contributed by atoms with Crippen LogP contribution in [0.15, 0.2) is 18.2 Å². The number of methoxy groups -OCH3 is 1. The maximum atomic E-state index is 11.0. The third-order valence-corrected chi connectivity index (χ3v) is 2.26. The molecule has 16 heavy (non-hydrogen) atoms. The number of likely N-dealkylation sites (N-methyl/N-ethyl adjacent to an activating group) is 1. The van der Waals surface area contributed by atoms with Crippen LogP contribution in [0.4, 0.5) is 11.4 Å². The molecule has 0 spiro atoms. The van der Waals surface area contributed by atoms with E-state index in [1.165, 1.54) is 7.11 Å². The predicted octanol–water partition coefficient (Wildman–Crippen LogP) is 0.998. The Kier molecular flexibility index (Phi) is 4.07. The molecule has 0 aliphatic carbocycles. The zero-order valence-electron chi connectivity index (χ0n) is 9.34. The van der Waals surface area contributed by atoms with Crippen LogP contribution in [-0.2, 0) is 0 Å². The minimum absolute atomic E-state index is 0.0269. The third kappa shape index (κ3) is 2.40. The number of benzene rings is 1. The minimum atomic E-state index is -0.443. The van der Waals surface area contributed by atoms with E-state index in [9.17, 15) is 10.1 Å². The molecule has 0 amide bonds. The molecule has 1 rings (SSSR count). The van der Waals surface area contributed by atoms with Gasteiger partial charge in [0.2, 0.25) is 0 Å². The minimum Gasteiger partial charge on any atom is -0.490 e. The SMILES string of the molecule is COc1cccc(N(C)CCN)c1[N+](=O)[O-]. The lowest BCUT2D eigenvalue weighted by atomic mass is 10.2. The van der Waals surface area contributed by atoms with Gasteiger partial charge in [-0.1, -0.05) is 6.07 Å². The number of hydrogen-bond donors (Lipinski definition) is 1. The van der Waals surface area contributed by atoms with E-state index >= 15 is 0 Å². The molecule has 0 aromatic heterocycles. The Balaban J connectivity index is 3.21. The molecule has 2 N–H and O–H groups in total. The average Bonchev–Trinajstić information content (AvgIpc) is 2.28. The fourth-order valence-electron chi connectivity index (χ4n) is 1.48. The van der Waals surface area contributed by atoms with Crippen LogP contribution >= 0.6 is 0 Å². The van der Waals surface area contributed by atoms with Crippen LogP contribution in [0.5, 0.6) is 5.75 Å². The van der Waals surface area contributed by atoms with Crippen molar-refractivity contribution in [2.75, 3.05) is 32.1 Å². The molecule has 0 bridgehead atoms. The molecule has 0 radical (unpaired) electrons. The number of nitrogens with two attached hydrogens (primary N) is 1. The predicted molar refractivity (Wildman–Crippen MR) is 62.0 cm³/mol. The summed E-state index contributed by atoms with van der Waals surface area (Å²) >= 11 is 0. The van der Waals surface area contributed by atoms with Crippen LogP contribution < -0.4 is 15.4 Å². The van der Waals surface area contributed by atoms with Crippen molar-refractivity contribution >= 4 is 11.4 Å². The highest BCUT2D eigenvalue weighted by Gasteiger charge is 2.22. The number of nitro benzene ring substituents is 1. The van der Waals surface area contributed by atoms with Gasteiger partial charge in [0.25, 0.3) is 0 Å². The van der Waals surface area contributed by atoms with Crippen LogP contribution in [0.3, 0.4) is 0 Å². The Morgan fingerprint density at radius 2 is 2.25 bits per heavy atom. The molecule has 0 fully saturated rings. The van der Waals surface area contributed by atoms with E-state index in [0.717, 1.165) is 0 Å². The van der Waals surface area contributed by atoms with E-state index in [1.807, 2.05) is 0 Å². The third-order valence-electron chi connectivity index (χ3n) is 2.26. The summed E-state index contributed by atoms with van der Waals surface area (Å²) in [6, 6.07) is 4.96. The van der Waals surface area contributed by atoms with Crippen molar-refractivity contribution in [3.8, 4) is 5.75 Å². The summed E-state index contributed by atoms with van der Waals surface area (Å²) in [5.74, 6) is 0.256. The van der Waals surface area contributed by atoms with Crippen molar-refractivity contribution in [3.05, 3.63) is 28.3 Å². The van der Waals surface area contributed by atoms with Crippen LogP contribution in [-0.4, -0.2) is 32.2 Å². The van der Waals surface area contributed by atoms with Crippen LogP contribution in [0.25, 0.3) is 0 Å². The van der Waals surface area contributed by atoms with Crippen molar-refractivity contribution < 1.29 is 9.66 Å². The maximum Gasteiger partial charge on any atom is 0.333 e. The van der Waals surface area contributed by atoms with Gasteiger partial charge in [0.15, 0.2) is 5.75 Å². The Morgan fingerprint density at radius 1 is 1.56 bits per heavy atom. The van der Waals surface area contributed by atoms with Gasteiger partial charge in [-0.05, 0) is 12.1 Å². The lowest BCUT2D eigenvalue weighted by molar-refractivity contribution is -0.385. The molecular formula is C10H15N3O3. The largest absolute Gasteiger partial charge is 0.490 e. The monoisotopic (exact) mass is 225 g/mol. The molecule has 1 aromatic rings. The smallest absolute Gasteiger partial charge is 0.333 e. The van der Waals surface area contributed by atoms with E-state index in [1.54, 1.807) is 30.1 Å². The first kappa shape index (κ1) is 12.3. The van der Waals surface area contributed by atoms with Crippen molar-refractivity contribution in [1.82, 2.24) is 0 Å². The number of anilines is 1. The van der Waals surface area contributed by atoms with Gasteiger partial charge in [0.1, 0.15) is 5.69 Å². The van der Waals surface area contributed by atoms with Crippen LogP contribution in [0.2, 0.25) is 0 Å². The van der Waals surface area contributed by atoms with Crippen molar-refractivity contribution in [1.29, 1.82) is 0 Å². The first-order valence-corrected chi connectivity index (χ1v) is 4.84. The molecule has 6 heteroatoms. The van der Waals surface area contributed by atoms with Gasteiger partial charge >= 0.3 is 5.69 Å². The Labute approximate surface area is 93.8 Å². The molecule has 0 heterocycles. The summed E-state index contributed by atoms with van der Waals surface area (Å²) in [7, 11) is 3.17. The molecule has 0 saturated heterocycles. The number of rotatable bonds is 5. The fraction of sp³-hybridized carbons (Fsp3) is 0.400. The molecule has 0 aliphatic rings. The Bertz CT molecular complexity index is 382. The molecule has 0 atom stereocenters. The lowest BCUT2D eigenvalue weighted by Crippen LogP contribution is -2.25. The molecular weight excluding hydrogens is 210 g/mol. The number of ether oxygens (including phenoxy) is 1. The normalized spacial score (nSPS) is 9.94. The van der Waals surface area contributed by atoms with Crippen molar-refractivity contribution in [2.24, 2.45) is 5.73 Å². The Morgan fingerprint density at radius 3 is 2.75 bits per heavy atom. The van der Waals surface area contributed by atoms with E-state index in [-0.39, 0.29) is 11.4 Å². The second kappa shape index (κ2) is 5.32. The van der Waals surface area contributed by atoms with E-state index in [0.29, 0.717) is 18.8 Å². The Hall–Kier alpha value is -1.82. The zero-order chi connectivity index (χ0) is 12.1. The summed E-state index contributed by atoms with van der Waals surface area (Å²) in [6.07, 6.45) is 0. The molecule has 1 aromatic carbocycles. The van der Waals surface area contributed by atoms with Gasteiger partial charge in [-0.3, -0.25) is 10.1 Å². The quantitative estimate of drug-likeness (QED) is 0.597. The molecule has 88 valence electrons. The van der Waals surface area contributed by atoms with Gasteiger partial charge in [0.05, 0.1) is 12.0 Å². The highest BCUT2D eigenvalue weighted by Crippen LogP contribution is 2.36. The summed E-state index contributed by atoms with van der Waals surface area (Å²) < 4.78 is 4.98. The number of para-hydroxylation sites is 1. The highest BCUT2D eigenvalue weighted by molar-refractivity contribution is 5.69. The second-order valence-electron chi connectivity index (χ2n) is 3.30. The van der Waals surface area contributed by atoms with E-state index in [2.05, 4.69) is 0 Å². The molecule has 0 aliphatic heterocycles. The van der Waals surface area contributed by atoms with E-state index in [4.69, 9.17) is 10.5 Å². The van der Waals surface area contributed by atoms with Crippen LogP contribution in [0, 0.1) is 10.1 Å². The summed E-state index contributed by atoms with van der Waals surface area (Å²) in [4.78, 5) is 12.3. The fourth-order valence-corrected chi connectivity index (χ4v) is 1.48. The van der Waals surface area contributed by atoms with Crippen LogP contribution in [0.1, 0.15) is 0 Å². The van der Waals surface area contributed by atoms with Crippen molar-refractivity contribution in [2.45, 2.75) is 0 Å².